The summed E-state index contributed by atoms with van der Waals surface area (Å²) < 4.78 is 6.55. The van der Waals surface area contributed by atoms with Crippen LogP contribution in [0.1, 0.15) is 13.3 Å². The second-order valence-corrected chi connectivity index (χ2v) is 5.36. The number of rotatable bonds is 6. The molecule has 0 bridgehead atoms. The number of hydrogen-bond donors (Lipinski definition) is 1. The highest BCUT2D eigenvalue weighted by molar-refractivity contribution is 14.1. The average Bonchev–Trinajstić information content (AvgIpc) is 2.47. The summed E-state index contributed by atoms with van der Waals surface area (Å²) >= 11 is 2.17. The normalized spacial score (nSPS) is 10.2. The molecule has 110 valence electrons. The van der Waals surface area contributed by atoms with Gasteiger partial charge < -0.3 is 10.1 Å². The van der Waals surface area contributed by atoms with Crippen molar-refractivity contribution >= 4 is 34.1 Å². The standard InChI is InChI=1S/C13H13IN4O3/c1-2-7-15-12-11(18(19)20)13(17-8-16-12)21-10-5-3-9(14)4-6-10/h3-6,8H,2,7H2,1H3,(H,15,16,17). The van der Waals surface area contributed by atoms with Crippen LogP contribution in [0.25, 0.3) is 0 Å². The molecule has 0 aliphatic heterocycles. The highest BCUT2D eigenvalue weighted by Crippen LogP contribution is 2.33. The minimum absolute atomic E-state index is 0.0742. The van der Waals surface area contributed by atoms with E-state index in [1.54, 1.807) is 12.1 Å². The summed E-state index contributed by atoms with van der Waals surface area (Å²) in [4.78, 5) is 18.5. The summed E-state index contributed by atoms with van der Waals surface area (Å²) in [7, 11) is 0. The molecular formula is C13H13IN4O3. The van der Waals surface area contributed by atoms with Crippen LogP contribution in [0.5, 0.6) is 11.6 Å². The smallest absolute Gasteiger partial charge is 0.373 e. The van der Waals surface area contributed by atoms with E-state index < -0.39 is 4.92 Å². The third-order valence-electron chi connectivity index (χ3n) is 2.54. The third-order valence-corrected chi connectivity index (χ3v) is 3.26. The maximum absolute atomic E-state index is 11.3. The molecule has 1 N–H and O–H groups in total. The number of anilines is 1. The molecule has 7 nitrogen and oxygen atoms in total. The average molecular weight is 400 g/mol. The lowest BCUT2D eigenvalue weighted by atomic mass is 10.3. The van der Waals surface area contributed by atoms with Crippen molar-refractivity contribution in [3.8, 4) is 11.6 Å². The molecule has 0 saturated heterocycles. The van der Waals surface area contributed by atoms with Gasteiger partial charge in [0.2, 0.25) is 5.82 Å². The van der Waals surface area contributed by atoms with Gasteiger partial charge in [0.05, 0.1) is 4.92 Å². The van der Waals surface area contributed by atoms with Crippen LogP contribution in [-0.4, -0.2) is 21.4 Å². The Bertz CT molecular complexity index is 634. The number of benzene rings is 1. The molecule has 2 rings (SSSR count). The van der Waals surface area contributed by atoms with E-state index in [0.717, 1.165) is 9.99 Å². The Morgan fingerprint density at radius 1 is 1.33 bits per heavy atom. The van der Waals surface area contributed by atoms with E-state index in [0.29, 0.717) is 12.3 Å². The summed E-state index contributed by atoms with van der Waals surface area (Å²) in [6.45, 7) is 2.55. The van der Waals surface area contributed by atoms with E-state index in [1.165, 1.54) is 6.33 Å². The fourth-order valence-corrected chi connectivity index (χ4v) is 1.95. The Kier molecular flexibility index (Phi) is 5.26. The highest BCUT2D eigenvalue weighted by atomic mass is 127. The van der Waals surface area contributed by atoms with Crippen LogP contribution in [0.15, 0.2) is 30.6 Å². The number of halogens is 1. The van der Waals surface area contributed by atoms with Crippen molar-refractivity contribution in [1.29, 1.82) is 0 Å². The highest BCUT2D eigenvalue weighted by Gasteiger charge is 2.24. The van der Waals surface area contributed by atoms with Crippen molar-refractivity contribution in [2.75, 3.05) is 11.9 Å². The molecule has 0 saturated carbocycles. The number of nitrogens with one attached hydrogen (secondary N) is 1. The molecule has 2 aromatic rings. The number of hydrogen-bond acceptors (Lipinski definition) is 6. The van der Waals surface area contributed by atoms with Gasteiger partial charge in [-0.25, -0.2) is 4.98 Å². The zero-order valence-corrected chi connectivity index (χ0v) is 13.4. The molecular weight excluding hydrogens is 387 g/mol. The Balaban J connectivity index is 2.33. The van der Waals surface area contributed by atoms with E-state index in [2.05, 4.69) is 37.9 Å². The lowest BCUT2D eigenvalue weighted by Crippen LogP contribution is -2.07. The predicted molar refractivity (Wildman–Crippen MR) is 86.7 cm³/mol. The van der Waals surface area contributed by atoms with E-state index >= 15 is 0 Å². The molecule has 0 fully saturated rings. The first-order chi connectivity index (χ1) is 10.1. The van der Waals surface area contributed by atoms with Gasteiger partial charge in [0.1, 0.15) is 12.1 Å². The van der Waals surface area contributed by atoms with Crippen molar-refractivity contribution in [1.82, 2.24) is 9.97 Å². The Labute approximate surface area is 135 Å². The Morgan fingerprint density at radius 2 is 2.05 bits per heavy atom. The Hall–Kier alpha value is -1.97. The van der Waals surface area contributed by atoms with E-state index in [9.17, 15) is 10.1 Å². The molecule has 21 heavy (non-hydrogen) atoms. The van der Waals surface area contributed by atoms with Gasteiger partial charge in [-0.1, -0.05) is 6.92 Å². The fraction of sp³-hybridized carbons (Fsp3) is 0.231. The zero-order valence-electron chi connectivity index (χ0n) is 11.2. The second kappa shape index (κ2) is 7.16. The molecule has 1 heterocycles. The van der Waals surface area contributed by atoms with Crippen LogP contribution >= 0.6 is 22.6 Å². The third kappa shape index (κ3) is 4.00. The quantitative estimate of drug-likeness (QED) is 0.453. The van der Waals surface area contributed by atoms with Gasteiger partial charge in [0.15, 0.2) is 0 Å². The minimum Gasteiger partial charge on any atom is -0.434 e. The van der Waals surface area contributed by atoms with Crippen LogP contribution in [0.4, 0.5) is 11.5 Å². The van der Waals surface area contributed by atoms with Gasteiger partial charge in [-0.3, -0.25) is 10.1 Å². The van der Waals surface area contributed by atoms with Crippen LogP contribution in [0.3, 0.4) is 0 Å². The largest absolute Gasteiger partial charge is 0.434 e. The topological polar surface area (TPSA) is 90.2 Å². The number of nitro groups is 1. The SMILES string of the molecule is CCCNc1ncnc(Oc2ccc(I)cc2)c1[N+](=O)[O-]. The summed E-state index contributed by atoms with van der Waals surface area (Å²) in [6.07, 6.45) is 2.07. The Morgan fingerprint density at radius 3 is 2.67 bits per heavy atom. The maximum atomic E-state index is 11.3. The van der Waals surface area contributed by atoms with Crippen molar-refractivity contribution in [2.45, 2.75) is 13.3 Å². The molecule has 0 spiro atoms. The second-order valence-electron chi connectivity index (χ2n) is 4.12. The van der Waals surface area contributed by atoms with Crippen LogP contribution in [0, 0.1) is 13.7 Å². The molecule has 0 unspecified atom stereocenters. The molecule has 0 radical (unpaired) electrons. The molecule has 0 aliphatic rings. The van der Waals surface area contributed by atoms with Crippen molar-refractivity contribution in [2.24, 2.45) is 0 Å². The lowest BCUT2D eigenvalue weighted by Gasteiger charge is -2.08. The lowest BCUT2D eigenvalue weighted by molar-refractivity contribution is -0.385. The fourth-order valence-electron chi connectivity index (χ4n) is 1.59. The van der Waals surface area contributed by atoms with Gasteiger partial charge in [-0.15, -0.1) is 0 Å². The van der Waals surface area contributed by atoms with E-state index in [1.807, 2.05) is 19.1 Å². The summed E-state index contributed by atoms with van der Waals surface area (Å²) in [5.41, 5.74) is -0.260. The number of ether oxygens (including phenoxy) is 1. The first-order valence-corrected chi connectivity index (χ1v) is 7.36. The molecule has 8 heteroatoms. The van der Waals surface area contributed by atoms with Crippen molar-refractivity contribution in [3.05, 3.63) is 44.3 Å². The minimum atomic E-state index is -0.542. The van der Waals surface area contributed by atoms with Gasteiger partial charge in [-0.05, 0) is 53.3 Å². The monoisotopic (exact) mass is 400 g/mol. The first kappa shape index (κ1) is 15.4. The van der Waals surface area contributed by atoms with Gasteiger partial charge in [0, 0.05) is 10.1 Å². The zero-order chi connectivity index (χ0) is 15.2. The number of nitrogens with zero attached hydrogens (tertiary/aromatic N) is 3. The van der Waals surface area contributed by atoms with Gasteiger partial charge in [-0.2, -0.15) is 4.98 Å². The van der Waals surface area contributed by atoms with Crippen molar-refractivity contribution < 1.29 is 9.66 Å². The van der Waals surface area contributed by atoms with Gasteiger partial charge in [0.25, 0.3) is 0 Å². The molecule has 0 aliphatic carbocycles. The summed E-state index contributed by atoms with van der Waals surface area (Å²) in [6, 6.07) is 7.15. The van der Waals surface area contributed by atoms with Crippen LogP contribution < -0.4 is 10.1 Å². The predicted octanol–water partition coefficient (Wildman–Crippen LogP) is 3.60. The molecule has 1 aromatic heterocycles. The van der Waals surface area contributed by atoms with Crippen molar-refractivity contribution in [3.63, 3.8) is 0 Å². The maximum Gasteiger partial charge on any atom is 0.373 e. The summed E-state index contributed by atoms with van der Waals surface area (Å²) in [5.74, 6) is 0.575. The molecule has 0 atom stereocenters. The molecule has 1 aromatic carbocycles. The van der Waals surface area contributed by atoms with Crippen LogP contribution in [0.2, 0.25) is 0 Å². The number of aromatic nitrogens is 2. The van der Waals surface area contributed by atoms with E-state index in [4.69, 9.17) is 4.74 Å². The molecule has 0 amide bonds. The first-order valence-electron chi connectivity index (χ1n) is 6.28. The van der Waals surface area contributed by atoms with E-state index in [-0.39, 0.29) is 17.4 Å². The van der Waals surface area contributed by atoms with Crippen LogP contribution in [-0.2, 0) is 0 Å². The summed E-state index contributed by atoms with van der Waals surface area (Å²) in [5, 5.41) is 14.2. The van der Waals surface area contributed by atoms with Gasteiger partial charge >= 0.3 is 11.6 Å².